The second kappa shape index (κ2) is 6.91. The maximum absolute atomic E-state index is 13.8. The van der Waals surface area contributed by atoms with Gasteiger partial charge in [0.15, 0.2) is 5.76 Å². The molecule has 0 bridgehead atoms. The summed E-state index contributed by atoms with van der Waals surface area (Å²) in [6.07, 6.45) is 1.36. The number of furan rings is 1. The van der Waals surface area contributed by atoms with Crippen LogP contribution in [0.1, 0.15) is 23.4 Å². The number of nitrogens with zero attached hydrogens (tertiary/aromatic N) is 2. The fourth-order valence-corrected chi connectivity index (χ4v) is 4.40. The molecular weight excluding hydrogens is 379 g/mol. The summed E-state index contributed by atoms with van der Waals surface area (Å²) in [6, 6.07) is 14.3. The predicted octanol–water partition coefficient (Wildman–Crippen LogP) is 4.87. The Morgan fingerprint density at radius 2 is 2.00 bits per heavy atom. The molecule has 1 amide bonds. The maximum atomic E-state index is 13.8. The second-order valence-corrected chi connectivity index (χ2v) is 7.82. The van der Waals surface area contributed by atoms with Crippen molar-refractivity contribution in [2.24, 2.45) is 0 Å². The van der Waals surface area contributed by atoms with E-state index >= 15 is 0 Å². The standard InChI is InChI=1S/C21H17FN2O3S/c22-15-5-3-7-18-19(15)23-21(28-18)26-14-8-10-24(11-9-14)20(25)17-12-13-4-1-2-6-16(13)27-17/h1-7,12,14H,8-11H2. The lowest BCUT2D eigenvalue weighted by atomic mass is 10.1. The quantitative estimate of drug-likeness (QED) is 0.496. The number of piperidine rings is 1. The summed E-state index contributed by atoms with van der Waals surface area (Å²) in [5.41, 5.74) is 1.06. The van der Waals surface area contributed by atoms with E-state index in [0.717, 1.165) is 10.1 Å². The number of thiazole rings is 1. The van der Waals surface area contributed by atoms with Gasteiger partial charge in [0.2, 0.25) is 0 Å². The molecule has 0 radical (unpaired) electrons. The van der Waals surface area contributed by atoms with Crippen LogP contribution in [0.4, 0.5) is 4.39 Å². The number of para-hydroxylation sites is 2. The molecule has 0 spiro atoms. The van der Waals surface area contributed by atoms with Crippen molar-refractivity contribution in [3.63, 3.8) is 0 Å². The molecular formula is C21H17FN2O3S. The topological polar surface area (TPSA) is 55.6 Å². The highest BCUT2D eigenvalue weighted by atomic mass is 32.1. The molecule has 7 heteroatoms. The van der Waals surface area contributed by atoms with Crippen molar-refractivity contribution >= 4 is 38.4 Å². The molecule has 5 rings (SSSR count). The Kier molecular flexibility index (Phi) is 4.24. The molecule has 28 heavy (non-hydrogen) atoms. The van der Waals surface area contributed by atoms with Gasteiger partial charge in [0.05, 0.1) is 4.70 Å². The van der Waals surface area contributed by atoms with Crippen LogP contribution >= 0.6 is 11.3 Å². The summed E-state index contributed by atoms with van der Waals surface area (Å²) in [7, 11) is 0. The van der Waals surface area contributed by atoms with E-state index in [2.05, 4.69) is 4.98 Å². The van der Waals surface area contributed by atoms with Gasteiger partial charge in [-0.05, 0) is 24.3 Å². The number of amides is 1. The fourth-order valence-electron chi connectivity index (χ4n) is 3.51. The van der Waals surface area contributed by atoms with E-state index in [1.807, 2.05) is 30.3 Å². The summed E-state index contributed by atoms with van der Waals surface area (Å²) < 4.78 is 26.2. The number of carbonyl (C=O) groups is 1. The predicted molar refractivity (Wildman–Crippen MR) is 105 cm³/mol. The van der Waals surface area contributed by atoms with Crippen molar-refractivity contribution < 1.29 is 18.3 Å². The highest BCUT2D eigenvalue weighted by molar-refractivity contribution is 7.20. The zero-order valence-corrected chi connectivity index (χ0v) is 15.7. The third kappa shape index (κ3) is 3.11. The van der Waals surface area contributed by atoms with Crippen LogP contribution < -0.4 is 4.74 Å². The molecule has 1 aliphatic rings. The van der Waals surface area contributed by atoms with E-state index in [-0.39, 0.29) is 17.8 Å². The minimum atomic E-state index is -0.338. The first-order chi connectivity index (χ1) is 13.7. The van der Waals surface area contributed by atoms with Gasteiger partial charge in [-0.3, -0.25) is 4.79 Å². The van der Waals surface area contributed by atoms with Crippen LogP contribution in [0.25, 0.3) is 21.2 Å². The summed E-state index contributed by atoms with van der Waals surface area (Å²) in [5, 5.41) is 1.40. The van der Waals surface area contributed by atoms with Gasteiger partial charge in [0, 0.05) is 31.3 Å². The lowest BCUT2D eigenvalue weighted by molar-refractivity contribution is 0.0569. The number of halogens is 1. The first kappa shape index (κ1) is 17.2. The Labute approximate surface area is 164 Å². The highest BCUT2D eigenvalue weighted by Gasteiger charge is 2.27. The lowest BCUT2D eigenvalue weighted by Crippen LogP contribution is -2.41. The molecule has 0 unspecified atom stereocenters. The van der Waals surface area contributed by atoms with Crippen molar-refractivity contribution in [3.8, 4) is 5.19 Å². The highest BCUT2D eigenvalue weighted by Crippen LogP contribution is 2.31. The van der Waals surface area contributed by atoms with Gasteiger partial charge in [0.1, 0.15) is 23.0 Å². The number of hydrogen-bond acceptors (Lipinski definition) is 5. The molecule has 1 aliphatic heterocycles. The van der Waals surface area contributed by atoms with E-state index in [1.54, 1.807) is 17.0 Å². The molecule has 4 aromatic rings. The lowest BCUT2D eigenvalue weighted by Gasteiger charge is -2.31. The summed E-state index contributed by atoms with van der Waals surface area (Å²) >= 11 is 1.34. The Balaban J connectivity index is 1.24. The zero-order chi connectivity index (χ0) is 19.1. The Morgan fingerprint density at radius 1 is 1.18 bits per heavy atom. The van der Waals surface area contributed by atoms with Crippen molar-refractivity contribution in [2.75, 3.05) is 13.1 Å². The van der Waals surface area contributed by atoms with Gasteiger partial charge in [-0.15, -0.1) is 0 Å². The number of aromatic nitrogens is 1. The minimum absolute atomic E-state index is 0.0386. The average Bonchev–Trinajstić information content (AvgIpc) is 3.32. The van der Waals surface area contributed by atoms with Crippen LogP contribution in [0.15, 0.2) is 52.9 Å². The zero-order valence-electron chi connectivity index (χ0n) is 14.9. The number of rotatable bonds is 3. The van der Waals surface area contributed by atoms with Gasteiger partial charge in [-0.2, -0.15) is 4.98 Å². The fraction of sp³-hybridized carbons (Fsp3) is 0.238. The van der Waals surface area contributed by atoms with Crippen LogP contribution in [0.2, 0.25) is 0 Å². The molecule has 2 aromatic heterocycles. The van der Waals surface area contributed by atoms with Crippen molar-refractivity contribution in [1.29, 1.82) is 0 Å². The Hall–Kier alpha value is -2.93. The van der Waals surface area contributed by atoms with E-state index in [1.165, 1.54) is 17.4 Å². The van der Waals surface area contributed by atoms with Crippen LogP contribution in [0.5, 0.6) is 5.19 Å². The molecule has 0 aliphatic carbocycles. The molecule has 0 saturated carbocycles. The first-order valence-electron chi connectivity index (χ1n) is 9.17. The molecule has 2 aromatic carbocycles. The van der Waals surface area contributed by atoms with Gasteiger partial charge in [-0.25, -0.2) is 4.39 Å². The summed E-state index contributed by atoms with van der Waals surface area (Å²) in [4.78, 5) is 18.8. The smallest absolute Gasteiger partial charge is 0.289 e. The van der Waals surface area contributed by atoms with Gasteiger partial charge in [-0.1, -0.05) is 35.6 Å². The van der Waals surface area contributed by atoms with Crippen LogP contribution in [0, 0.1) is 5.82 Å². The van der Waals surface area contributed by atoms with Crippen LogP contribution in [-0.4, -0.2) is 35.0 Å². The third-order valence-electron chi connectivity index (χ3n) is 4.98. The second-order valence-electron chi connectivity index (χ2n) is 6.82. The molecule has 0 atom stereocenters. The van der Waals surface area contributed by atoms with E-state index in [4.69, 9.17) is 9.15 Å². The molecule has 0 N–H and O–H groups in total. The number of benzene rings is 2. The van der Waals surface area contributed by atoms with E-state index in [0.29, 0.717) is 48.0 Å². The number of ether oxygens (including phenoxy) is 1. The SMILES string of the molecule is O=C(c1cc2ccccc2o1)N1CCC(Oc2nc3c(F)cccc3s2)CC1. The number of hydrogen-bond donors (Lipinski definition) is 0. The normalized spacial score (nSPS) is 15.4. The Morgan fingerprint density at radius 3 is 2.79 bits per heavy atom. The number of fused-ring (bicyclic) bond motifs is 2. The van der Waals surface area contributed by atoms with Crippen molar-refractivity contribution in [1.82, 2.24) is 9.88 Å². The minimum Gasteiger partial charge on any atom is -0.467 e. The maximum Gasteiger partial charge on any atom is 0.289 e. The molecule has 142 valence electrons. The average molecular weight is 396 g/mol. The summed E-state index contributed by atoms with van der Waals surface area (Å²) in [6.45, 7) is 1.17. The summed E-state index contributed by atoms with van der Waals surface area (Å²) in [5.74, 6) is -0.0752. The van der Waals surface area contributed by atoms with E-state index in [9.17, 15) is 9.18 Å². The molecule has 5 nitrogen and oxygen atoms in total. The van der Waals surface area contributed by atoms with Gasteiger partial charge >= 0.3 is 0 Å². The molecule has 1 fully saturated rings. The largest absolute Gasteiger partial charge is 0.467 e. The Bertz CT molecular complexity index is 1130. The molecule has 3 heterocycles. The van der Waals surface area contributed by atoms with Gasteiger partial charge < -0.3 is 14.1 Å². The first-order valence-corrected chi connectivity index (χ1v) is 9.98. The van der Waals surface area contributed by atoms with Crippen LogP contribution in [-0.2, 0) is 0 Å². The van der Waals surface area contributed by atoms with Gasteiger partial charge in [0.25, 0.3) is 11.1 Å². The van der Waals surface area contributed by atoms with Crippen molar-refractivity contribution in [3.05, 3.63) is 60.1 Å². The molecule has 1 saturated heterocycles. The number of likely N-dealkylation sites (tertiary alicyclic amines) is 1. The number of carbonyl (C=O) groups excluding carboxylic acids is 1. The third-order valence-corrected chi connectivity index (χ3v) is 5.89. The van der Waals surface area contributed by atoms with E-state index < -0.39 is 0 Å². The monoisotopic (exact) mass is 396 g/mol. The van der Waals surface area contributed by atoms with Crippen LogP contribution in [0.3, 0.4) is 0 Å². The van der Waals surface area contributed by atoms with Crippen molar-refractivity contribution in [2.45, 2.75) is 18.9 Å².